The number of pyridine rings is 1. The van der Waals surface area contributed by atoms with Crippen molar-refractivity contribution in [3.63, 3.8) is 0 Å². The Morgan fingerprint density at radius 2 is 2.20 bits per heavy atom. The van der Waals surface area contributed by atoms with E-state index < -0.39 is 0 Å². The van der Waals surface area contributed by atoms with Gasteiger partial charge in [-0.25, -0.2) is 4.98 Å². The zero-order valence-corrected chi connectivity index (χ0v) is 11.6. The second-order valence-electron chi connectivity index (χ2n) is 4.83. The molecule has 0 bridgehead atoms. The SMILES string of the molecule is Cc1cn(C)nc1C(=O)Nc1cnc2[nH]ccc2c1C. The monoisotopic (exact) mass is 269 g/mol. The van der Waals surface area contributed by atoms with Crippen LogP contribution in [0.25, 0.3) is 11.0 Å². The highest BCUT2D eigenvalue weighted by Gasteiger charge is 2.15. The highest BCUT2D eigenvalue weighted by Crippen LogP contribution is 2.23. The molecule has 3 heterocycles. The average molecular weight is 269 g/mol. The summed E-state index contributed by atoms with van der Waals surface area (Å²) >= 11 is 0. The van der Waals surface area contributed by atoms with Gasteiger partial charge in [0.2, 0.25) is 0 Å². The highest BCUT2D eigenvalue weighted by molar-refractivity contribution is 6.05. The van der Waals surface area contributed by atoms with Crippen molar-refractivity contribution in [2.24, 2.45) is 7.05 Å². The van der Waals surface area contributed by atoms with Crippen molar-refractivity contribution < 1.29 is 4.79 Å². The fourth-order valence-electron chi connectivity index (χ4n) is 2.28. The molecule has 102 valence electrons. The van der Waals surface area contributed by atoms with Crippen LogP contribution in [0.15, 0.2) is 24.7 Å². The zero-order chi connectivity index (χ0) is 14.3. The van der Waals surface area contributed by atoms with E-state index in [-0.39, 0.29) is 5.91 Å². The van der Waals surface area contributed by atoms with Crippen LogP contribution in [0, 0.1) is 13.8 Å². The summed E-state index contributed by atoms with van der Waals surface area (Å²) in [6, 6.07) is 1.94. The molecule has 0 aliphatic rings. The lowest BCUT2D eigenvalue weighted by molar-refractivity contribution is 0.102. The molecule has 3 rings (SSSR count). The Morgan fingerprint density at radius 1 is 1.40 bits per heavy atom. The van der Waals surface area contributed by atoms with Crippen LogP contribution in [0.4, 0.5) is 5.69 Å². The quantitative estimate of drug-likeness (QED) is 0.748. The van der Waals surface area contributed by atoms with Crippen molar-refractivity contribution in [2.75, 3.05) is 5.32 Å². The Kier molecular flexibility index (Phi) is 2.78. The lowest BCUT2D eigenvalue weighted by atomic mass is 10.1. The normalized spacial score (nSPS) is 10.9. The molecule has 0 aliphatic heterocycles. The third-order valence-corrected chi connectivity index (χ3v) is 3.33. The molecule has 1 amide bonds. The van der Waals surface area contributed by atoms with Gasteiger partial charge >= 0.3 is 0 Å². The number of carbonyl (C=O) groups is 1. The number of fused-ring (bicyclic) bond motifs is 1. The van der Waals surface area contributed by atoms with Crippen LogP contribution < -0.4 is 5.32 Å². The largest absolute Gasteiger partial charge is 0.346 e. The van der Waals surface area contributed by atoms with Gasteiger partial charge in [0.1, 0.15) is 5.65 Å². The number of amides is 1. The summed E-state index contributed by atoms with van der Waals surface area (Å²) in [5.41, 5.74) is 3.78. The molecule has 0 spiro atoms. The molecule has 20 heavy (non-hydrogen) atoms. The maximum absolute atomic E-state index is 12.3. The fraction of sp³-hybridized carbons (Fsp3) is 0.214. The summed E-state index contributed by atoms with van der Waals surface area (Å²) in [4.78, 5) is 19.6. The van der Waals surface area contributed by atoms with Crippen molar-refractivity contribution in [3.05, 3.63) is 41.5 Å². The van der Waals surface area contributed by atoms with E-state index >= 15 is 0 Å². The minimum Gasteiger partial charge on any atom is -0.346 e. The predicted octanol–water partition coefficient (Wildman–Crippen LogP) is 2.17. The molecule has 3 aromatic rings. The summed E-state index contributed by atoms with van der Waals surface area (Å²) in [6.45, 7) is 3.82. The summed E-state index contributed by atoms with van der Waals surface area (Å²) in [5, 5.41) is 8.04. The smallest absolute Gasteiger partial charge is 0.276 e. The first-order valence-electron chi connectivity index (χ1n) is 6.30. The van der Waals surface area contributed by atoms with Gasteiger partial charge in [0.15, 0.2) is 5.69 Å². The summed E-state index contributed by atoms with van der Waals surface area (Å²) < 4.78 is 1.63. The molecule has 0 radical (unpaired) electrons. The molecule has 0 fully saturated rings. The van der Waals surface area contributed by atoms with Crippen molar-refractivity contribution in [2.45, 2.75) is 13.8 Å². The molecule has 2 N–H and O–H groups in total. The summed E-state index contributed by atoms with van der Waals surface area (Å²) in [6.07, 6.45) is 5.30. The first-order chi connectivity index (χ1) is 9.56. The molecule has 0 unspecified atom stereocenters. The highest BCUT2D eigenvalue weighted by atomic mass is 16.2. The van der Waals surface area contributed by atoms with E-state index in [9.17, 15) is 4.79 Å². The maximum atomic E-state index is 12.3. The fourth-order valence-corrected chi connectivity index (χ4v) is 2.28. The van der Waals surface area contributed by atoms with Crippen LogP contribution in [0.1, 0.15) is 21.6 Å². The Hall–Kier alpha value is -2.63. The lowest BCUT2D eigenvalue weighted by Crippen LogP contribution is -2.15. The lowest BCUT2D eigenvalue weighted by Gasteiger charge is -2.07. The molecule has 6 nitrogen and oxygen atoms in total. The minimum atomic E-state index is -0.220. The van der Waals surface area contributed by atoms with Crippen molar-refractivity contribution in [1.29, 1.82) is 0 Å². The number of aromatic amines is 1. The Labute approximate surface area is 115 Å². The van der Waals surface area contributed by atoms with Gasteiger partial charge in [-0.2, -0.15) is 5.10 Å². The number of aryl methyl sites for hydroxylation is 3. The Bertz CT molecular complexity index is 799. The van der Waals surface area contributed by atoms with Crippen LogP contribution in [-0.4, -0.2) is 25.7 Å². The minimum absolute atomic E-state index is 0.220. The average Bonchev–Trinajstić information content (AvgIpc) is 2.99. The number of H-pyrrole nitrogens is 1. The third-order valence-electron chi connectivity index (χ3n) is 3.33. The van der Waals surface area contributed by atoms with Gasteiger partial charge in [0, 0.05) is 30.4 Å². The number of nitrogens with zero attached hydrogens (tertiary/aromatic N) is 3. The number of hydrogen-bond donors (Lipinski definition) is 2. The van der Waals surface area contributed by atoms with Gasteiger partial charge in [-0.05, 0) is 25.5 Å². The Balaban J connectivity index is 1.95. The van der Waals surface area contributed by atoms with Crippen LogP contribution >= 0.6 is 0 Å². The van der Waals surface area contributed by atoms with Crippen LogP contribution in [0.3, 0.4) is 0 Å². The van der Waals surface area contributed by atoms with E-state index in [1.165, 1.54) is 0 Å². The number of anilines is 1. The van der Waals surface area contributed by atoms with Crippen molar-refractivity contribution in [3.8, 4) is 0 Å². The number of hydrogen-bond acceptors (Lipinski definition) is 3. The van der Waals surface area contributed by atoms with Crippen LogP contribution in [0.2, 0.25) is 0 Å². The first-order valence-corrected chi connectivity index (χ1v) is 6.30. The van der Waals surface area contributed by atoms with E-state index in [0.717, 1.165) is 22.2 Å². The number of carbonyl (C=O) groups excluding carboxylic acids is 1. The number of nitrogens with one attached hydrogen (secondary N) is 2. The van der Waals surface area contributed by atoms with Gasteiger partial charge < -0.3 is 10.3 Å². The molecule has 3 aromatic heterocycles. The molecule has 0 aliphatic carbocycles. The van der Waals surface area contributed by atoms with Crippen LogP contribution in [0.5, 0.6) is 0 Å². The molecule has 6 heteroatoms. The van der Waals surface area contributed by atoms with Crippen molar-refractivity contribution >= 4 is 22.6 Å². The zero-order valence-electron chi connectivity index (χ0n) is 11.6. The molecule has 0 saturated carbocycles. The second-order valence-corrected chi connectivity index (χ2v) is 4.83. The third kappa shape index (κ3) is 1.95. The predicted molar refractivity (Wildman–Crippen MR) is 76.7 cm³/mol. The molecule has 0 atom stereocenters. The molecular weight excluding hydrogens is 254 g/mol. The second kappa shape index (κ2) is 4.48. The molecular formula is C14H15N5O. The van der Waals surface area contributed by atoms with E-state index in [2.05, 4.69) is 20.4 Å². The number of aromatic nitrogens is 4. The summed E-state index contributed by atoms with van der Waals surface area (Å²) in [7, 11) is 1.79. The topological polar surface area (TPSA) is 75.6 Å². The van der Waals surface area contributed by atoms with E-state index in [1.54, 1.807) is 17.9 Å². The first kappa shape index (κ1) is 12.4. The van der Waals surface area contributed by atoms with Crippen LogP contribution in [-0.2, 0) is 7.05 Å². The summed E-state index contributed by atoms with van der Waals surface area (Å²) in [5.74, 6) is -0.220. The van der Waals surface area contributed by atoms with Gasteiger partial charge in [-0.15, -0.1) is 0 Å². The standard InChI is InChI=1S/C14H15N5O/c1-8-7-19(3)18-12(8)14(20)17-11-6-16-13-10(9(11)2)4-5-15-13/h4-7H,1-3H3,(H,15,16)(H,17,20). The van der Waals surface area contributed by atoms with Gasteiger partial charge in [0.25, 0.3) is 5.91 Å². The van der Waals surface area contributed by atoms with Gasteiger partial charge in [-0.1, -0.05) is 0 Å². The van der Waals surface area contributed by atoms with Gasteiger partial charge in [0.05, 0.1) is 11.9 Å². The maximum Gasteiger partial charge on any atom is 0.276 e. The number of rotatable bonds is 2. The van der Waals surface area contributed by atoms with Gasteiger partial charge in [-0.3, -0.25) is 9.48 Å². The molecule has 0 saturated heterocycles. The molecule has 0 aromatic carbocycles. The van der Waals surface area contributed by atoms with E-state index in [0.29, 0.717) is 11.4 Å². The Morgan fingerprint density at radius 3 is 2.90 bits per heavy atom. The van der Waals surface area contributed by atoms with E-state index in [4.69, 9.17) is 0 Å². The van der Waals surface area contributed by atoms with Crippen molar-refractivity contribution in [1.82, 2.24) is 19.7 Å². The van der Waals surface area contributed by atoms with E-state index in [1.807, 2.05) is 32.3 Å².